The molecule has 0 saturated heterocycles. The monoisotopic (exact) mass is 312 g/mol. The number of nitrogens with zero attached hydrogens (tertiary/aromatic N) is 1. The van der Waals surface area contributed by atoms with Crippen LogP contribution >= 0.6 is 0 Å². The zero-order valence-electron chi connectivity index (χ0n) is 12.4. The van der Waals surface area contributed by atoms with Crippen LogP contribution in [0.4, 0.5) is 0 Å². The Bertz CT molecular complexity index is 910. The summed E-state index contributed by atoms with van der Waals surface area (Å²) in [6.45, 7) is 2.04. The maximum atomic E-state index is 11.5. The van der Waals surface area contributed by atoms with E-state index in [-0.39, 0.29) is 0 Å². The van der Waals surface area contributed by atoms with Crippen LogP contribution in [0.15, 0.2) is 59.6 Å². The first-order valence-corrected chi connectivity index (χ1v) is 8.75. The third kappa shape index (κ3) is 2.94. The number of hydrogen-bond donors (Lipinski definition) is 1. The summed E-state index contributed by atoms with van der Waals surface area (Å²) in [5, 5.41) is 0. The lowest BCUT2D eigenvalue weighted by Crippen LogP contribution is -1.96. The number of rotatable bonds is 3. The fourth-order valence-corrected chi connectivity index (χ4v) is 2.91. The summed E-state index contributed by atoms with van der Waals surface area (Å²) in [6, 6.07) is 14.8. The zero-order valence-corrected chi connectivity index (χ0v) is 13.2. The smallest absolute Gasteiger partial charge is 0.175 e. The second kappa shape index (κ2) is 5.42. The van der Waals surface area contributed by atoms with Crippen LogP contribution in [0.3, 0.4) is 0 Å². The van der Waals surface area contributed by atoms with Gasteiger partial charge in [-0.3, -0.25) is 0 Å². The van der Waals surface area contributed by atoms with Gasteiger partial charge < -0.3 is 4.98 Å². The lowest BCUT2D eigenvalue weighted by Gasteiger charge is -2.00. The number of H-pyrrole nitrogens is 1. The van der Waals surface area contributed by atoms with Crippen molar-refractivity contribution in [1.82, 2.24) is 9.97 Å². The van der Waals surface area contributed by atoms with Crippen LogP contribution in [0, 0.1) is 6.92 Å². The van der Waals surface area contributed by atoms with Crippen molar-refractivity contribution in [2.24, 2.45) is 0 Å². The number of benzene rings is 2. The molecule has 0 saturated carbocycles. The Morgan fingerprint density at radius 3 is 2.36 bits per heavy atom. The van der Waals surface area contributed by atoms with Crippen LogP contribution in [0.2, 0.25) is 0 Å². The van der Waals surface area contributed by atoms with Crippen LogP contribution in [-0.4, -0.2) is 24.6 Å². The average molecular weight is 312 g/mol. The van der Waals surface area contributed by atoms with E-state index in [9.17, 15) is 8.42 Å². The fraction of sp³-hybridized carbons (Fsp3) is 0.118. The number of sulfone groups is 1. The highest BCUT2D eigenvalue weighted by atomic mass is 32.2. The van der Waals surface area contributed by atoms with Crippen LogP contribution in [0.5, 0.6) is 0 Å². The molecule has 112 valence electrons. The van der Waals surface area contributed by atoms with Gasteiger partial charge in [0.25, 0.3) is 0 Å². The van der Waals surface area contributed by atoms with E-state index in [1.807, 2.05) is 31.3 Å². The Morgan fingerprint density at radius 2 is 1.73 bits per heavy atom. The highest BCUT2D eigenvalue weighted by molar-refractivity contribution is 7.90. The average Bonchev–Trinajstić information content (AvgIpc) is 2.96. The summed E-state index contributed by atoms with van der Waals surface area (Å²) in [5.41, 5.74) is 3.95. The van der Waals surface area contributed by atoms with E-state index < -0.39 is 9.84 Å². The quantitative estimate of drug-likeness (QED) is 0.805. The minimum absolute atomic E-state index is 0.307. The van der Waals surface area contributed by atoms with Crippen molar-refractivity contribution in [1.29, 1.82) is 0 Å². The molecule has 2 aromatic carbocycles. The molecular formula is C17H16N2O2S. The molecule has 0 spiro atoms. The van der Waals surface area contributed by atoms with Gasteiger partial charge in [0.15, 0.2) is 9.84 Å². The van der Waals surface area contributed by atoms with Gasteiger partial charge in [-0.25, -0.2) is 13.4 Å². The molecular weight excluding hydrogens is 296 g/mol. The highest BCUT2D eigenvalue weighted by Gasteiger charge is 2.09. The Hall–Kier alpha value is -2.40. The van der Waals surface area contributed by atoms with Gasteiger partial charge in [-0.2, -0.15) is 0 Å². The van der Waals surface area contributed by atoms with Crippen LogP contribution in [0.1, 0.15) is 5.56 Å². The molecule has 0 radical (unpaired) electrons. The number of aryl methyl sites for hydroxylation is 1. The number of aromatic nitrogens is 2. The summed E-state index contributed by atoms with van der Waals surface area (Å²) in [4.78, 5) is 8.02. The number of nitrogens with one attached hydrogen (secondary N) is 1. The van der Waals surface area contributed by atoms with Gasteiger partial charge in [-0.15, -0.1) is 0 Å². The molecule has 4 nitrogen and oxygen atoms in total. The zero-order chi connectivity index (χ0) is 15.7. The van der Waals surface area contributed by atoms with Crippen molar-refractivity contribution in [3.63, 3.8) is 0 Å². The Balaban J connectivity index is 1.94. The van der Waals surface area contributed by atoms with Gasteiger partial charge >= 0.3 is 0 Å². The van der Waals surface area contributed by atoms with Crippen molar-refractivity contribution < 1.29 is 8.42 Å². The maximum Gasteiger partial charge on any atom is 0.175 e. The highest BCUT2D eigenvalue weighted by Crippen LogP contribution is 2.23. The second-order valence-electron chi connectivity index (χ2n) is 5.30. The number of imidazole rings is 1. The Labute approximate surface area is 129 Å². The molecule has 0 fully saturated rings. The molecule has 1 N–H and O–H groups in total. The van der Waals surface area contributed by atoms with Crippen molar-refractivity contribution in [3.8, 4) is 22.6 Å². The van der Waals surface area contributed by atoms with Gasteiger partial charge in [0.1, 0.15) is 5.82 Å². The van der Waals surface area contributed by atoms with E-state index in [1.165, 1.54) is 11.8 Å². The van der Waals surface area contributed by atoms with Crippen molar-refractivity contribution in [3.05, 3.63) is 60.3 Å². The number of hydrogen-bond acceptors (Lipinski definition) is 3. The van der Waals surface area contributed by atoms with Crippen LogP contribution in [0.25, 0.3) is 22.6 Å². The standard InChI is InChI=1S/C17H16N2O2S/c1-12-4-3-5-14(10-12)16-11-18-17(19-16)13-6-8-15(9-7-13)22(2,20)21/h3-11H,1-2H3,(H,18,19). The van der Waals surface area contributed by atoms with E-state index in [0.29, 0.717) is 4.90 Å². The van der Waals surface area contributed by atoms with E-state index in [0.717, 1.165) is 22.6 Å². The first-order chi connectivity index (χ1) is 10.4. The predicted molar refractivity (Wildman–Crippen MR) is 87.3 cm³/mol. The van der Waals surface area contributed by atoms with E-state index in [4.69, 9.17) is 0 Å². The van der Waals surface area contributed by atoms with Crippen LogP contribution in [-0.2, 0) is 9.84 Å². The van der Waals surface area contributed by atoms with Gasteiger partial charge in [0.2, 0.25) is 0 Å². The molecule has 1 heterocycles. The van der Waals surface area contributed by atoms with Crippen LogP contribution < -0.4 is 0 Å². The summed E-state index contributed by atoms with van der Waals surface area (Å²) >= 11 is 0. The molecule has 0 atom stereocenters. The third-order valence-electron chi connectivity index (χ3n) is 3.45. The molecule has 0 aliphatic carbocycles. The molecule has 0 aliphatic heterocycles. The fourth-order valence-electron chi connectivity index (χ4n) is 2.28. The van der Waals surface area contributed by atoms with Crippen molar-refractivity contribution in [2.75, 3.05) is 6.26 Å². The van der Waals surface area contributed by atoms with Gasteiger partial charge in [-0.05, 0) is 37.3 Å². The molecule has 0 unspecified atom stereocenters. The molecule has 3 aromatic rings. The van der Waals surface area contributed by atoms with E-state index >= 15 is 0 Å². The first kappa shape index (κ1) is 14.5. The largest absolute Gasteiger partial charge is 0.344 e. The molecule has 5 heteroatoms. The topological polar surface area (TPSA) is 62.8 Å². The summed E-state index contributed by atoms with van der Waals surface area (Å²) in [7, 11) is -3.17. The normalized spacial score (nSPS) is 11.5. The molecule has 0 bridgehead atoms. The maximum absolute atomic E-state index is 11.5. The summed E-state index contributed by atoms with van der Waals surface area (Å²) < 4.78 is 23.0. The van der Waals surface area contributed by atoms with Crippen molar-refractivity contribution in [2.45, 2.75) is 11.8 Å². The summed E-state index contributed by atoms with van der Waals surface area (Å²) in [6.07, 6.45) is 3.05. The second-order valence-corrected chi connectivity index (χ2v) is 7.32. The lowest BCUT2D eigenvalue weighted by atomic mass is 10.1. The Kier molecular flexibility index (Phi) is 3.58. The van der Waals surface area contributed by atoms with E-state index in [2.05, 4.69) is 16.0 Å². The molecule has 0 aliphatic rings. The minimum atomic E-state index is -3.17. The Morgan fingerprint density at radius 1 is 1.00 bits per heavy atom. The predicted octanol–water partition coefficient (Wildman–Crippen LogP) is 3.46. The molecule has 1 aromatic heterocycles. The SMILES string of the molecule is Cc1cccc(-c2c[nH]c(-c3ccc(S(C)(=O)=O)cc3)n2)c1. The van der Waals surface area contributed by atoms with Gasteiger partial charge in [-0.1, -0.05) is 23.8 Å². The van der Waals surface area contributed by atoms with Gasteiger partial charge in [0.05, 0.1) is 10.6 Å². The summed E-state index contributed by atoms with van der Waals surface area (Å²) in [5.74, 6) is 0.719. The van der Waals surface area contributed by atoms with Gasteiger partial charge in [0, 0.05) is 23.6 Å². The third-order valence-corrected chi connectivity index (χ3v) is 4.58. The number of aromatic amines is 1. The molecule has 3 rings (SSSR count). The molecule has 22 heavy (non-hydrogen) atoms. The molecule has 0 amide bonds. The minimum Gasteiger partial charge on any atom is -0.344 e. The first-order valence-electron chi connectivity index (χ1n) is 6.86. The van der Waals surface area contributed by atoms with E-state index in [1.54, 1.807) is 24.3 Å². The lowest BCUT2D eigenvalue weighted by molar-refractivity contribution is 0.602. The van der Waals surface area contributed by atoms with Crippen molar-refractivity contribution >= 4 is 9.84 Å².